The van der Waals surface area contributed by atoms with Crippen LogP contribution in [0.3, 0.4) is 0 Å². The monoisotopic (exact) mass is 306 g/mol. The molecule has 1 saturated carbocycles. The van der Waals surface area contributed by atoms with Crippen LogP contribution in [0.1, 0.15) is 18.4 Å². The van der Waals surface area contributed by atoms with Crippen LogP contribution >= 0.6 is 11.6 Å². The molecule has 2 amide bonds. The van der Waals surface area contributed by atoms with Crippen LogP contribution in [0.2, 0.25) is 5.02 Å². The van der Waals surface area contributed by atoms with Crippen LogP contribution in [-0.4, -0.2) is 17.9 Å². The summed E-state index contributed by atoms with van der Waals surface area (Å²) in [4.78, 5) is 22.9. The summed E-state index contributed by atoms with van der Waals surface area (Å²) in [7, 11) is 0. The molecule has 0 aliphatic heterocycles. The van der Waals surface area contributed by atoms with Crippen LogP contribution in [0, 0.1) is 0 Å². The Balaban J connectivity index is 2.09. The Morgan fingerprint density at radius 1 is 1.20 bits per heavy atom. The summed E-state index contributed by atoms with van der Waals surface area (Å²) >= 11 is 5.45. The molecule has 0 bridgehead atoms. The predicted octanol–water partition coefficient (Wildman–Crippen LogP) is 2.58. The van der Waals surface area contributed by atoms with E-state index in [1.54, 1.807) is 0 Å². The molecule has 20 heavy (non-hydrogen) atoms. The average Bonchev–Trinajstić information content (AvgIpc) is 3.14. The van der Waals surface area contributed by atoms with Crippen LogP contribution in [0.15, 0.2) is 18.2 Å². The van der Waals surface area contributed by atoms with Crippen molar-refractivity contribution in [1.29, 1.82) is 0 Å². The van der Waals surface area contributed by atoms with E-state index in [2.05, 4.69) is 10.6 Å². The number of nitrogens with one attached hydrogen (secondary N) is 2. The van der Waals surface area contributed by atoms with Gasteiger partial charge in [-0.15, -0.1) is 0 Å². The Labute approximate surface area is 117 Å². The highest BCUT2D eigenvalue weighted by molar-refractivity contribution is 6.39. The Hall–Kier alpha value is -1.76. The summed E-state index contributed by atoms with van der Waals surface area (Å²) in [5, 5.41) is 4.06. The molecule has 1 aromatic carbocycles. The number of hydrogen-bond donors (Lipinski definition) is 2. The zero-order valence-corrected chi connectivity index (χ0v) is 10.8. The van der Waals surface area contributed by atoms with Gasteiger partial charge in [0.05, 0.1) is 10.6 Å². The van der Waals surface area contributed by atoms with Crippen molar-refractivity contribution in [1.82, 2.24) is 5.32 Å². The molecule has 0 unspecified atom stereocenters. The van der Waals surface area contributed by atoms with E-state index in [-0.39, 0.29) is 11.7 Å². The number of amides is 2. The third-order valence-corrected chi connectivity index (χ3v) is 2.98. The van der Waals surface area contributed by atoms with Crippen molar-refractivity contribution in [3.63, 3.8) is 0 Å². The molecule has 0 aromatic heterocycles. The fourth-order valence-electron chi connectivity index (χ4n) is 1.49. The van der Waals surface area contributed by atoms with Crippen LogP contribution in [-0.2, 0) is 15.8 Å². The maximum absolute atomic E-state index is 12.6. The van der Waals surface area contributed by atoms with E-state index in [4.69, 9.17) is 11.6 Å². The van der Waals surface area contributed by atoms with Gasteiger partial charge in [0.1, 0.15) is 0 Å². The van der Waals surface area contributed by atoms with Crippen LogP contribution in [0.4, 0.5) is 18.9 Å². The number of alkyl halides is 3. The Kier molecular flexibility index (Phi) is 3.89. The molecular weight excluding hydrogens is 297 g/mol. The quantitative estimate of drug-likeness (QED) is 0.825. The van der Waals surface area contributed by atoms with Gasteiger partial charge >= 0.3 is 18.0 Å². The molecule has 1 aliphatic rings. The van der Waals surface area contributed by atoms with Crippen LogP contribution in [0.5, 0.6) is 0 Å². The molecule has 1 aromatic rings. The lowest BCUT2D eigenvalue weighted by atomic mass is 10.2. The summed E-state index contributed by atoms with van der Waals surface area (Å²) in [6, 6.07) is 2.88. The lowest BCUT2D eigenvalue weighted by Crippen LogP contribution is -2.36. The van der Waals surface area contributed by atoms with E-state index in [1.165, 1.54) is 6.07 Å². The molecule has 0 atom stereocenters. The van der Waals surface area contributed by atoms with Gasteiger partial charge in [0.25, 0.3) is 0 Å². The maximum atomic E-state index is 12.6. The second-order valence-electron chi connectivity index (χ2n) is 4.39. The normalized spacial score (nSPS) is 14.8. The second-order valence-corrected chi connectivity index (χ2v) is 4.80. The summed E-state index contributed by atoms with van der Waals surface area (Å²) in [5.41, 5.74) is -1.21. The molecule has 0 radical (unpaired) electrons. The Morgan fingerprint density at radius 3 is 2.40 bits per heavy atom. The van der Waals surface area contributed by atoms with Gasteiger partial charge in [-0.25, -0.2) is 0 Å². The zero-order valence-electron chi connectivity index (χ0n) is 10.1. The van der Waals surface area contributed by atoms with Gasteiger partial charge in [-0.3, -0.25) is 9.59 Å². The minimum absolute atomic E-state index is 0.01000. The molecule has 0 heterocycles. The third-order valence-electron chi connectivity index (χ3n) is 2.65. The molecule has 108 valence electrons. The Morgan fingerprint density at radius 2 is 1.85 bits per heavy atom. The predicted molar refractivity (Wildman–Crippen MR) is 66.2 cm³/mol. The highest BCUT2D eigenvalue weighted by Gasteiger charge is 2.33. The highest BCUT2D eigenvalue weighted by atomic mass is 35.5. The second kappa shape index (κ2) is 5.32. The van der Waals surface area contributed by atoms with Gasteiger partial charge in [0.15, 0.2) is 0 Å². The number of halogens is 4. The smallest absolute Gasteiger partial charge is 0.345 e. The minimum atomic E-state index is -4.63. The van der Waals surface area contributed by atoms with E-state index in [1.807, 2.05) is 0 Å². The van der Waals surface area contributed by atoms with Crippen molar-refractivity contribution in [2.75, 3.05) is 5.32 Å². The van der Waals surface area contributed by atoms with E-state index < -0.39 is 28.6 Å². The number of carbonyl (C=O) groups is 2. The van der Waals surface area contributed by atoms with E-state index >= 15 is 0 Å². The zero-order chi connectivity index (χ0) is 14.9. The summed E-state index contributed by atoms with van der Waals surface area (Å²) in [5.74, 6) is -1.87. The average molecular weight is 307 g/mol. The molecule has 0 spiro atoms. The van der Waals surface area contributed by atoms with Gasteiger partial charge in [-0.05, 0) is 31.0 Å². The van der Waals surface area contributed by atoms with Gasteiger partial charge < -0.3 is 10.6 Å². The summed E-state index contributed by atoms with van der Waals surface area (Å²) in [6.07, 6.45) is -3.02. The van der Waals surface area contributed by atoms with Crippen molar-refractivity contribution in [2.24, 2.45) is 0 Å². The lowest BCUT2D eigenvalue weighted by molar-refractivity contribution is -0.137. The lowest BCUT2D eigenvalue weighted by Gasteiger charge is -2.11. The van der Waals surface area contributed by atoms with Crippen molar-refractivity contribution >= 4 is 29.1 Å². The van der Waals surface area contributed by atoms with Crippen LogP contribution < -0.4 is 10.6 Å². The van der Waals surface area contributed by atoms with Crippen molar-refractivity contribution < 1.29 is 22.8 Å². The number of hydrogen-bond acceptors (Lipinski definition) is 2. The SMILES string of the molecule is O=C(Nc1ccc(Cl)c(C(F)(F)F)c1)C(=O)NC1CC1. The number of benzene rings is 1. The number of carbonyl (C=O) groups excluding carboxylic acids is 2. The third kappa shape index (κ3) is 3.63. The van der Waals surface area contributed by atoms with E-state index in [9.17, 15) is 22.8 Å². The molecule has 8 heteroatoms. The van der Waals surface area contributed by atoms with Gasteiger partial charge in [-0.2, -0.15) is 13.2 Å². The molecule has 2 N–H and O–H groups in total. The van der Waals surface area contributed by atoms with Crippen LogP contribution in [0.25, 0.3) is 0 Å². The standard InChI is InChI=1S/C12H10ClF3N2O2/c13-9-4-3-7(5-8(9)12(14,15)16)18-11(20)10(19)17-6-1-2-6/h3-6H,1-2H2,(H,17,19)(H,18,20). The first-order valence-corrected chi connectivity index (χ1v) is 6.14. The molecular formula is C12H10ClF3N2O2. The summed E-state index contributed by atoms with van der Waals surface area (Å²) in [6.45, 7) is 0. The fourth-order valence-corrected chi connectivity index (χ4v) is 1.71. The molecule has 1 aliphatic carbocycles. The van der Waals surface area contributed by atoms with Crippen molar-refractivity contribution in [2.45, 2.75) is 25.1 Å². The van der Waals surface area contributed by atoms with Crippen molar-refractivity contribution in [3.05, 3.63) is 28.8 Å². The van der Waals surface area contributed by atoms with Gasteiger partial charge in [-0.1, -0.05) is 11.6 Å². The Bertz CT molecular complexity index is 556. The fraction of sp³-hybridized carbons (Fsp3) is 0.333. The molecule has 0 saturated heterocycles. The van der Waals surface area contributed by atoms with Crippen molar-refractivity contribution in [3.8, 4) is 0 Å². The molecule has 1 fully saturated rings. The minimum Gasteiger partial charge on any atom is -0.345 e. The van der Waals surface area contributed by atoms with Gasteiger partial charge in [0, 0.05) is 11.7 Å². The first-order chi connectivity index (χ1) is 9.27. The maximum Gasteiger partial charge on any atom is 0.417 e. The first-order valence-electron chi connectivity index (χ1n) is 5.76. The van der Waals surface area contributed by atoms with E-state index in [0.717, 1.165) is 18.9 Å². The van der Waals surface area contributed by atoms with Gasteiger partial charge in [0.2, 0.25) is 0 Å². The number of anilines is 1. The topological polar surface area (TPSA) is 58.2 Å². The first kappa shape index (κ1) is 14.6. The summed E-state index contributed by atoms with van der Waals surface area (Å²) < 4.78 is 37.9. The molecule has 2 rings (SSSR count). The highest BCUT2D eigenvalue weighted by Crippen LogP contribution is 2.36. The molecule has 4 nitrogen and oxygen atoms in total. The largest absolute Gasteiger partial charge is 0.417 e. The van der Waals surface area contributed by atoms with E-state index in [0.29, 0.717) is 6.07 Å². The number of rotatable bonds is 2.